The van der Waals surface area contributed by atoms with Crippen LogP contribution >= 0.6 is 0 Å². The summed E-state index contributed by atoms with van der Waals surface area (Å²) < 4.78 is 33.6. The smallest absolute Gasteiger partial charge is 0.244 e. The van der Waals surface area contributed by atoms with Gasteiger partial charge in [-0.3, -0.25) is 4.68 Å². The zero-order valence-electron chi connectivity index (χ0n) is 12.2. The first-order chi connectivity index (χ1) is 9.83. The lowest BCUT2D eigenvalue weighted by Crippen LogP contribution is -2.26. The van der Waals surface area contributed by atoms with Gasteiger partial charge in [-0.2, -0.15) is 5.10 Å². The maximum absolute atomic E-state index is 12.3. The van der Waals surface area contributed by atoms with Crippen LogP contribution in [0.25, 0.3) is 0 Å². The molecule has 7 nitrogen and oxygen atoms in total. The molecule has 0 aliphatic heterocycles. The van der Waals surface area contributed by atoms with Gasteiger partial charge in [-0.05, 0) is 32.4 Å². The van der Waals surface area contributed by atoms with E-state index in [4.69, 9.17) is 4.42 Å². The molecular weight excluding hydrogens is 294 g/mol. The quantitative estimate of drug-likeness (QED) is 0.830. The Morgan fingerprint density at radius 2 is 2.19 bits per heavy atom. The van der Waals surface area contributed by atoms with Crippen LogP contribution in [0.3, 0.4) is 0 Å². The number of hydrogen-bond donors (Lipinski definition) is 2. The van der Waals surface area contributed by atoms with Crippen molar-refractivity contribution in [3.63, 3.8) is 0 Å². The van der Waals surface area contributed by atoms with Crippen LogP contribution in [-0.2, 0) is 17.1 Å². The van der Waals surface area contributed by atoms with Crippen LogP contribution in [0, 0.1) is 13.8 Å². The molecule has 8 heteroatoms. The molecule has 21 heavy (non-hydrogen) atoms. The van der Waals surface area contributed by atoms with E-state index in [0.717, 1.165) is 0 Å². The number of furan rings is 1. The number of aliphatic hydroxyl groups is 1. The lowest BCUT2D eigenvalue weighted by molar-refractivity contribution is 0.142. The second kappa shape index (κ2) is 6.00. The Morgan fingerprint density at radius 3 is 2.71 bits per heavy atom. The van der Waals surface area contributed by atoms with Crippen molar-refractivity contribution in [1.82, 2.24) is 14.5 Å². The summed E-state index contributed by atoms with van der Waals surface area (Å²) in [5, 5.41) is 13.9. The van der Waals surface area contributed by atoms with Gasteiger partial charge in [0.25, 0.3) is 0 Å². The van der Waals surface area contributed by atoms with Gasteiger partial charge in [-0.1, -0.05) is 0 Å². The average molecular weight is 313 g/mol. The van der Waals surface area contributed by atoms with Crippen molar-refractivity contribution in [2.24, 2.45) is 7.05 Å². The Kier molecular flexibility index (Phi) is 4.50. The maximum Gasteiger partial charge on any atom is 0.244 e. The standard InChI is InChI=1S/C13H19N3O4S/c1-9-13(10(2)16(3)15-9)21(18,19)14-7-6-11(17)12-5-4-8-20-12/h4-5,8,11,14,17H,6-7H2,1-3H3/t11-/m0/s1. The van der Waals surface area contributed by atoms with Crippen LogP contribution in [-0.4, -0.2) is 29.8 Å². The van der Waals surface area contributed by atoms with E-state index in [-0.39, 0.29) is 17.9 Å². The molecule has 1 atom stereocenters. The molecule has 0 spiro atoms. The first kappa shape index (κ1) is 15.7. The molecule has 0 amide bonds. The minimum absolute atomic E-state index is 0.109. The molecule has 2 aromatic heterocycles. The van der Waals surface area contributed by atoms with Gasteiger partial charge < -0.3 is 9.52 Å². The van der Waals surface area contributed by atoms with Crippen LogP contribution in [0.4, 0.5) is 0 Å². The van der Waals surface area contributed by atoms with E-state index in [1.807, 2.05) is 0 Å². The van der Waals surface area contributed by atoms with Gasteiger partial charge in [-0.15, -0.1) is 0 Å². The fourth-order valence-electron chi connectivity index (χ4n) is 2.17. The first-order valence-corrected chi connectivity index (χ1v) is 8.02. The largest absolute Gasteiger partial charge is 0.467 e. The molecular formula is C13H19N3O4S. The van der Waals surface area contributed by atoms with E-state index in [1.54, 1.807) is 33.0 Å². The number of nitrogens with zero attached hydrogens (tertiary/aromatic N) is 2. The van der Waals surface area contributed by atoms with Crippen molar-refractivity contribution in [3.8, 4) is 0 Å². The van der Waals surface area contributed by atoms with Crippen molar-refractivity contribution in [1.29, 1.82) is 0 Å². The molecule has 116 valence electrons. The van der Waals surface area contributed by atoms with E-state index in [2.05, 4.69) is 9.82 Å². The summed E-state index contributed by atoms with van der Waals surface area (Å²) in [5.41, 5.74) is 1.03. The molecule has 0 saturated carbocycles. The Labute approximate surface area is 123 Å². The molecule has 2 N–H and O–H groups in total. The van der Waals surface area contributed by atoms with E-state index in [1.165, 1.54) is 10.9 Å². The van der Waals surface area contributed by atoms with Crippen molar-refractivity contribution in [3.05, 3.63) is 35.5 Å². The molecule has 2 heterocycles. The Bertz CT molecular complexity index is 704. The van der Waals surface area contributed by atoms with Crippen LogP contribution in [0.1, 0.15) is 29.7 Å². The van der Waals surface area contributed by atoms with E-state index in [9.17, 15) is 13.5 Å². The first-order valence-electron chi connectivity index (χ1n) is 6.54. The number of sulfonamides is 1. The van der Waals surface area contributed by atoms with Crippen LogP contribution in [0.5, 0.6) is 0 Å². The topological polar surface area (TPSA) is 97.4 Å². The predicted octanol–water partition coefficient (Wildman–Crippen LogP) is 1.03. The SMILES string of the molecule is Cc1nn(C)c(C)c1S(=O)(=O)NCC[C@H](O)c1ccco1. The molecule has 0 saturated heterocycles. The van der Waals surface area contributed by atoms with Gasteiger partial charge in [0.2, 0.25) is 10.0 Å². The van der Waals surface area contributed by atoms with Gasteiger partial charge >= 0.3 is 0 Å². The summed E-state index contributed by atoms with van der Waals surface area (Å²) in [6, 6.07) is 3.32. The lowest BCUT2D eigenvalue weighted by Gasteiger charge is -2.10. The summed E-state index contributed by atoms with van der Waals surface area (Å²) in [6.45, 7) is 3.46. The molecule has 0 fully saturated rings. The third kappa shape index (κ3) is 3.34. The monoisotopic (exact) mass is 313 g/mol. The van der Waals surface area contributed by atoms with Gasteiger partial charge in [0, 0.05) is 13.6 Å². The fourth-order valence-corrected chi connectivity index (χ4v) is 3.65. The van der Waals surface area contributed by atoms with Gasteiger partial charge in [0.15, 0.2) is 0 Å². The Balaban J connectivity index is 2.02. The Hall–Kier alpha value is -1.64. The van der Waals surface area contributed by atoms with E-state index >= 15 is 0 Å². The molecule has 0 aliphatic carbocycles. The number of aliphatic hydroxyl groups excluding tert-OH is 1. The normalized spacial score (nSPS) is 13.5. The second-order valence-electron chi connectivity index (χ2n) is 4.84. The minimum Gasteiger partial charge on any atom is -0.467 e. The highest BCUT2D eigenvalue weighted by Crippen LogP contribution is 2.19. The highest BCUT2D eigenvalue weighted by Gasteiger charge is 2.23. The molecule has 0 unspecified atom stereocenters. The zero-order valence-corrected chi connectivity index (χ0v) is 13.0. The molecule has 0 bridgehead atoms. The molecule has 0 radical (unpaired) electrons. The molecule has 0 aromatic carbocycles. The number of aryl methyl sites for hydroxylation is 2. The highest BCUT2D eigenvalue weighted by atomic mass is 32.2. The third-order valence-electron chi connectivity index (χ3n) is 3.29. The van der Waals surface area contributed by atoms with Crippen molar-refractivity contribution in [2.45, 2.75) is 31.3 Å². The van der Waals surface area contributed by atoms with Crippen molar-refractivity contribution in [2.75, 3.05) is 6.54 Å². The Morgan fingerprint density at radius 1 is 1.48 bits per heavy atom. The zero-order chi connectivity index (χ0) is 15.6. The minimum atomic E-state index is -3.64. The number of aromatic nitrogens is 2. The summed E-state index contributed by atoms with van der Waals surface area (Å²) >= 11 is 0. The van der Waals surface area contributed by atoms with Crippen LogP contribution in [0.15, 0.2) is 27.7 Å². The second-order valence-corrected chi connectivity index (χ2v) is 6.55. The van der Waals surface area contributed by atoms with E-state index < -0.39 is 16.1 Å². The highest BCUT2D eigenvalue weighted by molar-refractivity contribution is 7.89. The van der Waals surface area contributed by atoms with Crippen molar-refractivity contribution >= 4 is 10.0 Å². The van der Waals surface area contributed by atoms with Crippen molar-refractivity contribution < 1.29 is 17.9 Å². The lowest BCUT2D eigenvalue weighted by atomic mass is 10.2. The number of rotatable bonds is 6. The predicted molar refractivity (Wildman–Crippen MR) is 76.2 cm³/mol. The number of nitrogens with one attached hydrogen (secondary N) is 1. The molecule has 2 aromatic rings. The molecule has 0 aliphatic rings. The number of hydrogen-bond acceptors (Lipinski definition) is 5. The van der Waals surface area contributed by atoms with E-state index in [0.29, 0.717) is 17.1 Å². The molecule has 2 rings (SSSR count). The summed E-state index contributed by atoms with van der Waals surface area (Å²) in [7, 11) is -1.94. The average Bonchev–Trinajstić information content (AvgIpc) is 2.98. The third-order valence-corrected chi connectivity index (χ3v) is 5.01. The van der Waals surface area contributed by atoms with Gasteiger partial charge in [-0.25, -0.2) is 13.1 Å². The fraction of sp³-hybridized carbons (Fsp3) is 0.462. The maximum atomic E-state index is 12.3. The summed E-state index contributed by atoms with van der Waals surface area (Å²) in [5.74, 6) is 0.419. The van der Waals surface area contributed by atoms with Gasteiger partial charge in [0.05, 0.1) is 17.7 Å². The summed E-state index contributed by atoms with van der Waals surface area (Å²) in [6.07, 6.45) is 0.856. The summed E-state index contributed by atoms with van der Waals surface area (Å²) in [4.78, 5) is 0.192. The van der Waals surface area contributed by atoms with Crippen LogP contribution < -0.4 is 4.72 Å². The van der Waals surface area contributed by atoms with Gasteiger partial charge in [0.1, 0.15) is 16.8 Å². The van der Waals surface area contributed by atoms with Crippen LogP contribution in [0.2, 0.25) is 0 Å².